The minimum Gasteiger partial charge on any atom is -0.493 e. The molecule has 0 spiro atoms. The van der Waals surface area contributed by atoms with Crippen LogP contribution in [0, 0.1) is 0 Å². The van der Waals surface area contributed by atoms with Gasteiger partial charge in [0.2, 0.25) is 5.75 Å². The second-order valence-electron chi connectivity index (χ2n) is 10.8. The van der Waals surface area contributed by atoms with Crippen LogP contribution in [0.3, 0.4) is 0 Å². The van der Waals surface area contributed by atoms with Gasteiger partial charge >= 0.3 is 6.03 Å². The van der Waals surface area contributed by atoms with Crippen LogP contribution in [0.15, 0.2) is 29.2 Å². The number of urea groups is 1. The van der Waals surface area contributed by atoms with Crippen molar-refractivity contribution in [3.63, 3.8) is 0 Å². The summed E-state index contributed by atoms with van der Waals surface area (Å²) in [7, 11) is 1.03. The molecule has 1 aliphatic heterocycles. The van der Waals surface area contributed by atoms with Gasteiger partial charge in [-0.3, -0.25) is 5.21 Å². The quantitative estimate of drug-likeness (QED) is 0.114. The van der Waals surface area contributed by atoms with Crippen molar-refractivity contribution in [1.29, 1.82) is 0 Å². The van der Waals surface area contributed by atoms with Crippen LogP contribution in [0.25, 0.3) is 0 Å². The molecule has 2 amide bonds. The molecule has 3 rings (SSSR count). The molecule has 45 heavy (non-hydrogen) atoms. The van der Waals surface area contributed by atoms with E-state index in [1.165, 1.54) is 0 Å². The zero-order valence-corrected chi connectivity index (χ0v) is 28.0. The normalized spacial score (nSPS) is 16.2. The highest BCUT2D eigenvalue weighted by molar-refractivity contribution is 7.90. The first-order valence-electron chi connectivity index (χ1n) is 15.4. The van der Waals surface area contributed by atoms with Gasteiger partial charge in [-0.1, -0.05) is 19.8 Å². The summed E-state index contributed by atoms with van der Waals surface area (Å²) in [6.45, 7) is 5.02. The van der Waals surface area contributed by atoms with E-state index in [1.807, 2.05) is 25.1 Å². The molecule has 0 aliphatic carbocycles. The Morgan fingerprint density at radius 2 is 1.47 bits per heavy atom. The van der Waals surface area contributed by atoms with Crippen LogP contribution < -0.4 is 29.0 Å². The van der Waals surface area contributed by atoms with Gasteiger partial charge < -0.3 is 33.7 Å². The van der Waals surface area contributed by atoms with Crippen LogP contribution in [-0.2, 0) is 14.6 Å². The van der Waals surface area contributed by atoms with Crippen molar-refractivity contribution in [3.8, 4) is 28.7 Å². The van der Waals surface area contributed by atoms with Gasteiger partial charge in [-0.25, -0.2) is 18.3 Å². The summed E-state index contributed by atoms with van der Waals surface area (Å²) in [5, 5.41) is 12.7. The van der Waals surface area contributed by atoms with Crippen molar-refractivity contribution in [2.75, 3.05) is 53.9 Å². The van der Waals surface area contributed by atoms with Crippen LogP contribution in [0.4, 0.5) is 4.79 Å². The van der Waals surface area contributed by atoms with E-state index in [0.717, 1.165) is 37.5 Å². The maximum absolute atomic E-state index is 12.9. The number of carbonyl (C=O) groups excluding carboxylic acids is 1. The monoisotopic (exact) mass is 652 g/mol. The molecule has 2 aromatic rings. The molecule has 252 valence electrons. The number of benzene rings is 2. The Morgan fingerprint density at radius 1 is 0.867 bits per heavy atom. The first-order chi connectivity index (χ1) is 21.6. The summed E-state index contributed by atoms with van der Waals surface area (Å²) in [5.41, 5.74) is 1.57. The number of nitrogens with zero attached hydrogens (tertiary/aromatic N) is 1. The Bertz CT molecular complexity index is 1340. The minimum absolute atomic E-state index is 0.0732. The third-order valence-electron chi connectivity index (χ3n) is 7.48. The molecule has 1 saturated heterocycles. The summed E-state index contributed by atoms with van der Waals surface area (Å²) in [6.07, 6.45) is 5.80. The molecular weight excluding hydrogens is 604 g/mol. The molecule has 0 bridgehead atoms. The molecule has 2 N–H and O–H groups in total. The number of unbranched alkanes of at least 4 members (excludes halogenated alkanes) is 3. The van der Waals surface area contributed by atoms with Crippen molar-refractivity contribution in [2.24, 2.45) is 0 Å². The molecule has 0 saturated carbocycles. The number of methoxy groups -OCH3 is 3. The third-order valence-corrected chi connectivity index (χ3v) is 8.58. The zero-order chi connectivity index (χ0) is 33.0. The molecule has 1 fully saturated rings. The SMILES string of the molecule is CCCOc1c(OCCCCCCNC(=O)N(O)CC)cc([C@@H]2CC[C@H](c3cc(OC)c(OC)c(OC)c3)O2)cc1S(C)(=O)=O. The second-order valence-corrected chi connectivity index (χ2v) is 12.8. The molecule has 1 heterocycles. The van der Waals surface area contributed by atoms with E-state index >= 15 is 0 Å². The Labute approximate surface area is 266 Å². The Kier molecular flexibility index (Phi) is 13.9. The molecule has 0 radical (unpaired) electrons. The molecule has 13 heteroatoms. The maximum atomic E-state index is 12.9. The largest absolute Gasteiger partial charge is 0.493 e. The number of amides is 2. The number of sulfone groups is 1. The fourth-order valence-corrected chi connectivity index (χ4v) is 5.97. The topological polar surface area (TPSA) is 142 Å². The van der Waals surface area contributed by atoms with Crippen LogP contribution >= 0.6 is 0 Å². The molecule has 2 atom stereocenters. The van der Waals surface area contributed by atoms with Gasteiger partial charge in [-0.05, 0) is 74.4 Å². The lowest BCUT2D eigenvalue weighted by molar-refractivity contribution is -0.0384. The Hall–Kier alpha value is -3.42. The highest BCUT2D eigenvalue weighted by Gasteiger charge is 2.32. The lowest BCUT2D eigenvalue weighted by atomic mass is 10.0. The van der Waals surface area contributed by atoms with Crippen LogP contribution in [-0.4, -0.2) is 78.6 Å². The summed E-state index contributed by atoms with van der Waals surface area (Å²) >= 11 is 0. The predicted molar refractivity (Wildman–Crippen MR) is 169 cm³/mol. The molecule has 2 aromatic carbocycles. The number of hydroxylamine groups is 2. The average Bonchev–Trinajstić information content (AvgIpc) is 3.53. The predicted octanol–water partition coefficient (Wildman–Crippen LogP) is 5.86. The number of nitrogens with one attached hydrogen (secondary N) is 1. The lowest BCUT2D eigenvalue weighted by Crippen LogP contribution is -2.37. The van der Waals surface area contributed by atoms with E-state index in [1.54, 1.807) is 34.3 Å². The summed E-state index contributed by atoms with van der Waals surface area (Å²) in [6, 6.07) is 6.68. The van der Waals surface area contributed by atoms with Crippen molar-refractivity contribution in [1.82, 2.24) is 10.4 Å². The first kappa shape index (κ1) is 36.1. The minimum atomic E-state index is -3.65. The van der Waals surface area contributed by atoms with Crippen molar-refractivity contribution in [3.05, 3.63) is 35.4 Å². The molecule has 1 aliphatic rings. The highest BCUT2D eigenvalue weighted by Crippen LogP contribution is 2.48. The summed E-state index contributed by atoms with van der Waals surface area (Å²) in [5.74, 6) is 2.15. The number of hydrogen-bond acceptors (Lipinski definition) is 10. The fourth-order valence-electron chi connectivity index (χ4n) is 5.12. The summed E-state index contributed by atoms with van der Waals surface area (Å²) < 4.78 is 60.9. The number of ether oxygens (including phenoxy) is 6. The third kappa shape index (κ3) is 9.78. The number of hydrogen-bond donors (Lipinski definition) is 2. The van der Waals surface area contributed by atoms with Crippen molar-refractivity contribution < 1.29 is 46.8 Å². The van der Waals surface area contributed by atoms with Crippen molar-refractivity contribution in [2.45, 2.75) is 75.9 Å². The summed E-state index contributed by atoms with van der Waals surface area (Å²) in [4.78, 5) is 11.7. The number of rotatable bonds is 18. The molecular formula is C32H48N2O10S. The zero-order valence-electron chi connectivity index (χ0n) is 27.2. The van der Waals surface area contributed by atoms with E-state index in [0.29, 0.717) is 72.6 Å². The van der Waals surface area contributed by atoms with E-state index in [9.17, 15) is 18.4 Å². The molecule has 0 aromatic heterocycles. The standard InChI is InChI=1S/C32H48N2O10S/c1-7-16-43-31-28(42-17-12-10-9-11-15-33-32(35)34(36)8-2)20-23(21-29(31)45(6,37)38)25-14-13-24(44-25)22-18-26(39-3)30(41-5)27(19-22)40-4/h18-21,24-25,36H,7-17H2,1-6H3,(H,33,35)/t24-,25+/m1/s1. The van der Waals surface area contributed by atoms with Gasteiger partial charge in [-0.15, -0.1) is 0 Å². The van der Waals surface area contributed by atoms with E-state index < -0.39 is 15.9 Å². The smallest absolute Gasteiger partial charge is 0.341 e. The fraction of sp³-hybridized carbons (Fsp3) is 0.594. The Morgan fingerprint density at radius 3 is 2.02 bits per heavy atom. The van der Waals surface area contributed by atoms with E-state index in [4.69, 9.17) is 28.4 Å². The average molecular weight is 653 g/mol. The van der Waals surface area contributed by atoms with Crippen LogP contribution in [0.1, 0.15) is 82.1 Å². The van der Waals surface area contributed by atoms with Gasteiger partial charge in [0, 0.05) is 19.3 Å². The maximum Gasteiger partial charge on any atom is 0.341 e. The van der Waals surface area contributed by atoms with Gasteiger partial charge in [-0.2, -0.15) is 0 Å². The van der Waals surface area contributed by atoms with Crippen LogP contribution in [0.2, 0.25) is 0 Å². The molecule has 12 nitrogen and oxygen atoms in total. The van der Waals surface area contributed by atoms with Gasteiger partial charge in [0.15, 0.2) is 32.8 Å². The highest BCUT2D eigenvalue weighted by atomic mass is 32.2. The van der Waals surface area contributed by atoms with Gasteiger partial charge in [0.05, 0.1) is 46.8 Å². The second kappa shape index (κ2) is 17.3. The Balaban J connectivity index is 1.75. The van der Waals surface area contributed by atoms with Gasteiger partial charge in [0.25, 0.3) is 0 Å². The van der Waals surface area contributed by atoms with Crippen LogP contribution in [0.5, 0.6) is 28.7 Å². The van der Waals surface area contributed by atoms with Crippen molar-refractivity contribution >= 4 is 15.9 Å². The van der Waals surface area contributed by atoms with E-state index in [-0.39, 0.29) is 29.4 Å². The first-order valence-corrected chi connectivity index (χ1v) is 17.3. The molecule has 0 unspecified atom stereocenters. The van der Waals surface area contributed by atoms with Gasteiger partial charge in [0.1, 0.15) is 4.90 Å². The number of carbonyl (C=O) groups is 1. The lowest BCUT2D eigenvalue weighted by Gasteiger charge is -2.21. The van der Waals surface area contributed by atoms with E-state index in [2.05, 4.69) is 5.32 Å².